The SMILES string of the molecule is CCc1ccc(/C=C/C(=O)c2cc3cc(Cl)ccc3oc2=O)cc1. The van der Waals surface area contributed by atoms with Crippen molar-refractivity contribution >= 4 is 34.4 Å². The minimum Gasteiger partial charge on any atom is -0.422 e. The molecule has 0 spiro atoms. The number of hydrogen-bond acceptors (Lipinski definition) is 3. The highest BCUT2D eigenvalue weighted by atomic mass is 35.5. The van der Waals surface area contributed by atoms with Gasteiger partial charge in [0.25, 0.3) is 0 Å². The summed E-state index contributed by atoms with van der Waals surface area (Å²) in [5, 5.41) is 1.13. The predicted octanol–water partition coefficient (Wildman–Crippen LogP) is 4.90. The zero-order valence-electron chi connectivity index (χ0n) is 13.1. The molecule has 0 aliphatic heterocycles. The fourth-order valence-corrected chi connectivity index (χ4v) is 2.57. The number of rotatable bonds is 4. The molecule has 0 aliphatic rings. The van der Waals surface area contributed by atoms with Crippen LogP contribution in [-0.2, 0) is 6.42 Å². The summed E-state index contributed by atoms with van der Waals surface area (Å²) >= 11 is 5.94. The van der Waals surface area contributed by atoms with Crippen LogP contribution in [0.3, 0.4) is 0 Å². The van der Waals surface area contributed by atoms with Gasteiger partial charge in [-0.3, -0.25) is 4.79 Å². The van der Waals surface area contributed by atoms with Gasteiger partial charge in [0, 0.05) is 10.4 Å². The van der Waals surface area contributed by atoms with E-state index in [0.717, 1.165) is 12.0 Å². The van der Waals surface area contributed by atoms with Gasteiger partial charge in [-0.2, -0.15) is 0 Å². The zero-order chi connectivity index (χ0) is 17.1. The Morgan fingerprint density at radius 1 is 1.12 bits per heavy atom. The molecule has 1 heterocycles. The van der Waals surface area contributed by atoms with Crippen LogP contribution in [0.4, 0.5) is 0 Å². The summed E-state index contributed by atoms with van der Waals surface area (Å²) < 4.78 is 5.18. The standard InChI is InChI=1S/C20H15ClO3/c1-2-13-3-5-14(6-4-13)7-9-18(22)17-12-15-11-16(21)8-10-19(15)24-20(17)23/h3-12H,2H2,1H3/b9-7+. The van der Waals surface area contributed by atoms with Crippen molar-refractivity contribution in [3.05, 3.63) is 86.7 Å². The predicted molar refractivity (Wildman–Crippen MR) is 96.7 cm³/mol. The van der Waals surface area contributed by atoms with Crippen LogP contribution >= 0.6 is 11.6 Å². The van der Waals surface area contributed by atoms with E-state index < -0.39 is 11.4 Å². The third kappa shape index (κ3) is 3.47. The lowest BCUT2D eigenvalue weighted by atomic mass is 10.1. The molecule has 3 aromatic rings. The number of halogens is 1. The molecule has 0 aliphatic carbocycles. The highest BCUT2D eigenvalue weighted by molar-refractivity contribution is 6.31. The van der Waals surface area contributed by atoms with E-state index in [-0.39, 0.29) is 5.56 Å². The van der Waals surface area contributed by atoms with E-state index >= 15 is 0 Å². The normalized spacial score (nSPS) is 11.2. The minimum absolute atomic E-state index is 0.00815. The van der Waals surface area contributed by atoms with E-state index in [1.54, 1.807) is 24.3 Å². The molecule has 0 radical (unpaired) electrons. The average molecular weight is 339 g/mol. The van der Waals surface area contributed by atoms with Crippen LogP contribution in [0.1, 0.15) is 28.4 Å². The third-order valence-corrected chi connectivity index (χ3v) is 4.01. The van der Waals surface area contributed by atoms with Crippen LogP contribution in [0.2, 0.25) is 5.02 Å². The van der Waals surface area contributed by atoms with Gasteiger partial charge in [-0.25, -0.2) is 4.79 Å². The molecular formula is C20H15ClO3. The number of hydrogen-bond donors (Lipinski definition) is 0. The van der Waals surface area contributed by atoms with E-state index in [2.05, 4.69) is 6.92 Å². The Morgan fingerprint density at radius 2 is 1.88 bits per heavy atom. The zero-order valence-corrected chi connectivity index (χ0v) is 13.8. The van der Waals surface area contributed by atoms with Crippen LogP contribution < -0.4 is 5.63 Å². The molecule has 120 valence electrons. The first kappa shape index (κ1) is 16.2. The largest absolute Gasteiger partial charge is 0.422 e. The number of fused-ring (bicyclic) bond motifs is 1. The second-order valence-corrected chi connectivity index (χ2v) is 5.86. The van der Waals surface area contributed by atoms with Crippen molar-refractivity contribution in [3.8, 4) is 0 Å². The van der Waals surface area contributed by atoms with E-state index in [9.17, 15) is 9.59 Å². The van der Waals surface area contributed by atoms with Gasteiger partial charge in [-0.05, 0) is 47.9 Å². The monoisotopic (exact) mass is 338 g/mol. The Labute approximate surface area is 144 Å². The number of ketones is 1. The molecule has 2 aromatic carbocycles. The highest BCUT2D eigenvalue weighted by Crippen LogP contribution is 2.19. The van der Waals surface area contributed by atoms with E-state index in [4.69, 9.17) is 16.0 Å². The van der Waals surface area contributed by atoms with E-state index in [0.29, 0.717) is 16.0 Å². The molecular weight excluding hydrogens is 324 g/mol. The first-order valence-corrected chi connectivity index (χ1v) is 7.99. The lowest BCUT2D eigenvalue weighted by Crippen LogP contribution is -2.11. The molecule has 24 heavy (non-hydrogen) atoms. The quantitative estimate of drug-likeness (QED) is 0.386. The first-order chi connectivity index (χ1) is 11.6. The fourth-order valence-electron chi connectivity index (χ4n) is 2.39. The molecule has 1 aromatic heterocycles. The van der Waals surface area contributed by atoms with Crippen LogP contribution in [0, 0.1) is 0 Å². The van der Waals surface area contributed by atoms with Crippen molar-refractivity contribution in [1.82, 2.24) is 0 Å². The Morgan fingerprint density at radius 3 is 2.58 bits per heavy atom. The van der Waals surface area contributed by atoms with Gasteiger partial charge in [0.05, 0.1) is 0 Å². The second-order valence-electron chi connectivity index (χ2n) is 5.42. The van der Waals surface area contributed by atoms with Crippen molar-refractivity contribution in [2.45, 2.75) is 13.3 Å². The van der Waals surface area contributed by atoms with Crippen LogP contribution in [-0.4, -0.2) is 5.78 Å². The summed E-state index contributed by atoms with van der Waals surface area (Å²) in [6.45, 7) is 2.08. The maximum absolute atomic E-state index is 12.3. The maximum Gasteiger partial charge on any atom is 0.347 e. The van der Waals surface area contributed by atoms with Crippen molar-refractivity contribution in [2.75, 3.05) is 0 Å². The smallest absolute Gasteiger partial charge is 0.347 e. The highest BCUT2D eigenvalue weighted by Gasteiger charge is 2.11. The summed E-state index contributed by atoms with van der Waals surface area (Å²) in [5.74, 6) is -0.398. The minimum atomic E-state index is -0.652. The molecule has 0 unspecified atom stereocenters. The average Bonchev–Trinajstić information content (AvgIpc) is 2.60. The van der Waals surface area contributed by atoms with Gasteiger partial charge in [-0.1, -0.05) is 48.9 Å². The number of carbonyl (C=O) groups excluding carboxylic acids is 1. The summed E-state index contributed by atoms with van der Waals surface area (Å²) in [4.78, 5) is 24.3. The summed E-state index contributed by atoms with van der Waals surface area (Å²) in [7, 11) is 0. The lowest BCUT2D eigenvalue weighted by Gasteiger charge is -2.00. The van der Waals surface area contributed by atoms with Crippen molar-refractivity contribution < 1.29 is 9.21 Å². The van der Waals surface area contributed by atoms with Crippen molar-refractivity contribution in [2.24, 2.45) is 0 Å². The van der Waals surface area contributed by atoms with E-state index in [1.807, 2.05) is 24.3 Å². The number of carbonyl (C=O) groups is 1. The van der Waals surface area contributed by atoms with Crippen molar-refractivity contribution in [1.29, 1.82) is 0 Å². The fraction of sp³-hybridized carbons (Fsp3) is 0.100. The van der Waals surface area contributed by atoms with Gasteiger partial charge in [0.15, 0.2) is 5.78 Å². The molecule has 4 heteroatoms. The van der Waals surface area contributed by atoms with Gasteiger partial charge in [0.2, 0.25) is 0 Å². The van der Waals surface area contributed by atoms with Gasteiger partial charge < -0.3 is 4.42 Å². The molecule has 3 rings (SSSR count). The Balaban J connectivity index is 1.91. The Hall–Kier alpha value is -2.65. The first-order valence-electron chi connectivity index (χ1n) is 7.61. The third-order valence-electron chi connectivity index (χ3n) is 3.77. The molecule has 3 nitrogen and oxygen atoms in total. The lowest BCUT2D eigenvalue weighted by molar-refractivity contribution is 0.104. The number of aryl methyl sites for hydroxylation is 1. The molecule has 0 atom stereocenters. The summed E-state index contributed by atoms with van der Waals surface area (Å²) in [6.07, 6.45) is 4.02. The molecule has 0 amide bonds. The Bertz CT molecular complexity index is 982. The molecule has 0 N–H and O–H groups in total. The van der Waals surface area contributed by atoms with E-state index in [1.165, 1.54) is 17.7 Å². The van der Waals surface area contributed by atoms with Gasteiger partial charge in [-0.15, -0.1) is 0 Å². The van der Waals surface area contributed by atoms with Crippen molar-refractivity contribution in [3.63, 3.8) is 0 Å². The Kier molecular flexibility index (Phi) is 4.63. The molecule has 0 saturated heterocycles. The van der Waals surface area contributed by atoms with Crippen LogP contribution in [0.15, 0.2) is 63.8 Å². The van der Waals surface area contributed by atoms with Crippen LogP contribution in [0.25, 0.3) is 17.0 Å². The molecule has 0 saturated carbocycles. The summed E-state index contributed by atoms with van der Waals surface area (Å²) in [6, 6.07) is 14.3. The second kappa shape index (κ2) is 6.85. The topological polar surface area (TPSA) is 47.3 Å². The number of allylic oxidation sites excluding steroid dienone is 1. The number of benzene rings is 2. The summed E-state index contributed by atoms with van der Waals surface area (Å²) in [5.41, 5.74) is 1.87. The van der Waals surface area contributed by atoms with Crippen LogP contribution in [0.5, 0.6) is 0 Å². The van der Waals surface area contributed by atoms with Gasteiger partial charge in [0.1, 0.15) is 11.1 Å². The maximum atomic E-state index is 12.3. The van der Waals surface area contributed by atoms with Gasteiger partial charge >= 0.3 is 5.63 Å². The molecule has 0 fully saturated rings. The molecule has 0 bridgehead atoms.